The third-order valence-corrected chi connectivity index (χ3v) is 3.99. The van der Waals surface area contributed by atoms with Gasteiger partial charge in [-0.05, 0) is 56.2 Å². The first-order valence-corrected chi connectivity index (χ1v) is 9.90. The molecule has 0 bridgehead atoms. The molecule has 31 heavy (non-hydrogen) atoms. The van der Waals surface area contributed by atoms with Crippen LogP contribution in [0.15, 0.2) is 48.5 Å². The normalized spacial score (nSPS) is 10.7. The summed E-state index contributed by atoms with van der Waals surface area (Å²) in [5.41, 5.74) is 1.66. The lowest BCUT2D eigenvalue weighted by molar-refractivity contribution is -0.120. The summed E-state index contributed by atoms with van der Waals surface area (Å²) in [6, 6.07) is 14.5. The Kier molecular flexibility index (Phi) is 8.43. The van der Waals surface area contributed by atoms with Crippen LogP contribution in [0.25, 0.3) is 0 Å². The van der Waals surface area contributed by atoms with E-state index in [1.54, 1.807) is 46.1 Å². The number of carbonyl (C=O) groups excluding carboxylic acids is 3. The van der Waals surface area contributed by atoms with Gasteiger partial charge in [-0.2, -0.15) is 0 Å². The summed E-state index contributed by atoms with van der Waals surface area (Å²) in [6.45, 7) is 5.31. The number of amides is 3. The second kappa shape index (κ2) is 11.0. The van der Waals surface area contributed by atoms with Gasteiger partial charge in [0, 0.05) is 12.2 Å². The fourth-order valence-corrected chi connectivity index (χ4v) is 2.66. The molecule has 0 radical (unpaired) electrons. The van der Waals surface area contributed by atoms with E-state index >= 15 is 0 Å². The SMILES string of the molecule is COc1cccc(CC(=O)Nc2cccc(CNC(=O)CNC(=O)OC(C)(C)C)c2)c1. The number of benzene rings is 2. The smallest absolute Gasteiger partial charge is 0.408 e. The predicted molar refractivity (Wildman–Crippen MR) is 118 cm³/mol. The molecule has 8 heteroatoms. The van der Waals surface area contributed by atoms with Crippen LogP contribution in [0.5, 0.6) is 5.75 Å². The number of rotatable bonds is 8. The van der Waals surface area contributed by atoms with E-state index in [0.717, 1.165) is 11.1 Å². The molecule has 0 heterocycles. The number of hydrogen-bond acceptors (Lipinski definition) is 5. The highest BCUT2D eigenvalue weighted by atomic mass is 16.6. The third kappa shape index (κ3) is 9.20. The highest BCUT2D eigenvalue weighted by molar-refractivity contribution is 5.92. The highest BCUT2D eigenvalue weighted by Crippen LogP contribution is 2.15. The summed E-state index contributed by atoms with van der Waals surface area (Å²) in [6.07, 6.45) is -0.433. The van der Waals surface area contributed by atoms with Gasteiger partial charge in [0.05, 0.1) is 13.5 Å². The number of methoxy groups -OCH3 is 1. The molecule has 0 saturated carbocycles. The zero-order valence-electron chi connectivity index (χ0n) is 18.3. The lowest BCUT2D eigenvalue weighted by Crippen LogP contribution is -2.39. The van der Waals surface area contributed by atoms with E-state index in [2.05, 4.69) is 16.0 Å². The van der Waals surface area contributed by atoms with Crippen LogP contribution in [-0.2, 0) is 27.3 Å². The maximum Gasteiger partial charge on any atom is 0.408 e. The molecule has 0 saturated heterocycles. The molecule has 2 aromatic carbocycles. The number of nitrogens with one attached hydrogen (secondary N) is 3. The van der Waals surface area contributed by atoms with E-state index in [-0.39, 0.29) is 31.3 Å². The van der Waals surface area contributed by atoms with Gasteiger partial charge in [0.25, 0.3) is 0 Å². The van der Waals surface area contributed by atoms with Crippen molar-refractivity contribution in [3.63, 3.8) is 0 Å². The summed E-state index contributed by atoms with van der Waals surface area (Å²) in [7, 11) is 1.58. The predicted octanol–water partition coefficient (Wildman–Crippen LogP) is 3.02. The van der Waals surface area contributed by atoms with Gasteiger partial charge in [-0.1, -0.05) is 24.3 Å². The summed E-state index contributed by atoms with van der Waals surface area (Å²) in [4.78, 5) is 35.9. The molecule has 0 aromatic heterocycles. The average Bonchev–Trinajstić information content (AvgIpc) is 2.70. The number of hydrogen-bond donors (Lipinski definition) is 3. The van der Waals surface area contributed by atoms with Crippen molar-refractivity contribution in [2.24, 2.45) is 0 Å². The Balaban J connectivity index is 1.81. The number of carbonyl (C=O) groups is 3. The molecule has 0 aliphatic carbocycles. The molecule has 2 aromatic rings. The van der Waals surface area contributed by atoms with E-state index in [9.17, 15) is 14.4 Å². The van der Waals surface area contributed by atoms with Crippen molar-refractivity contribution in [2.75, 3.05) is 19.0 Å². The van der Waals surface area contributed by atoms with Crippen molar-refractivity contribution in [2.45, 2.75) is 39.3 Å². The topological polar surface area (TPSA) is 106 Å². The average molecular weight is 428 g/mol. The first-order valence-electron chi connectivity index (χ1n) is 9.90. The first kappa shape index (κ1) is 23.7. The van der Waals surface area contributed by atoms with Crippen LogP contribution >= 0.6 is 0 Å². The minimum Gasteiger partial charge on any atom is -0.497 e. The molecular weight excluding hydrogens is 398 g/mol. The number of ether oxygens (including phenoxy) is 2. The molecular formula is C23H29N3O5. The maximum absolute atomic E-state index is 12.3. The standard InChI is InChI=1S/C23H29N3O5/c1-23(2,3)31-22(29)25-15-21(28)24-14-17-8-5-9-18(11-17)26-20(27)13-16-7-6-10-19(12-16)30-4/h5-12H,13-15H2,1-4H3,(H,24,28)(H,25,29)(H,26,27). The zero-order chi connectivity index (χ0) is 22.9. The minimum atomic E-state index is -0.650. The van der Waals surface area contributed by atoms with E-state index in [1.807, 2.05) is 30.3 Å². The van der Waals surface area contributed by atoms with Crippen molar-refractivity contribution in [3.05, 3.63) is 59.7 Å². The van der Waals surface area contributed by atoms with Crippen molar-refractivity contribution in [1.29, 1.82) is 0 Å². The molecule has 0 aliphatic heterocycles. The van der Waals surface area contributed by atoms with Crippen LogP contribution in [0.3, 0.4) is 0 Å². The fourth-order valence-electron chi connectivity index (χ4n) is 2.66. The van der Waals surface area contributed by atoms with Gasteiger partial charge in [-0.15, -0.1) is 0 Å². The Labute approximate surface area is 182 Å². The summed E-state index contributed by atoms with van der Waals surface area (Å²) >= 11 is 0. The summed E-state index contributed by atoms with van der Waals surface area (Å²) in [5.74, 6) is 0.193. The van der Waals surface area contributed by atoms with Crippen LogP contribution in [0.2, 0.25) is 0 Å². The van der Waals surface area contributed by atoms with E-state index in [4.69, 9.17) is 9.47 Å². The Morgan fingerprint density at radius 2 is 1.61 bits per heavy atom. The summed E-state index contributed by atoms with van der Waals surface area (Å²) in [5, 5.41) is 7.97. The number of alkyl carbamates (subject to hydrolysis) is 1. The van der Waals surface area contributed by atoms with Crippen molar-refractivity contribution in [1.82, 2.24) is 10.6 Å². The van der Waals surface area contributed by atoms with Gasteiger partial charge in [0.15, 0.2) is 0 Å². The molecule has 3 amide bonds. The van der Waals surface area contributed by atoms with Gasteiger partial charge >= 0.3 is 6.09 Å². The quantitative estimate of drug-likeness (QED) is 0.601. The lowest BCUT2D eigenvalue weighted by Gasteiger charge is -2.19. The van der Waals surface area contributed by atoms with Crippen LogP contribution in [0.4, 0.5) is 10.5 Å². The van der Waals surface area contributed by atoms with Crippen LogP contribution in [0.1, 0.15) is 31.9 Å². The maximum atomic E-state index is 12.3. The largest absolute Gasteiger partial charge is 0.497 e. The molecule has 2 rings (SSSR count). The second-order valence-corrected chi connectivity index (χ2v) is 7.91. The van der Waals surface area contributed by atoms with Gasteiger partial charge in [-0.25, -0.2) is 4.79 Å². The first-order chi connectivity index (χ1) is 14.6. The van der Waals surface area contributed by atoms with Crippen LogP contribution in [-0.4, -0.2) is 37.2 Å². The Bertz CT molecular complexity index is 921. The number of anilines is 1. The zero-order valence-corrected chi connectivity index (χ0v) is 18.3. The molecule has 0 atom stereocenters. The van der Waals surface area contributed by atoms with Gasteiger partial charge in [0.1, 0.15) is 17.9 Å². The van der Waals surface area contributed by atoms with E-state index in [0.29, 0.717) is 11.4 Å². The minimum absolute atomic E-state index is 0.156. The lowest BCUT2D eigenvalue weighted by atomic mass is 10.1. The molecule has 0 aliphatic rings. The third-order valence-electron chi connectivity index (χ3n) is 3.99. The van der Waals surface area contributed by atoms with Crippen molar-refractivity contribution in [3.8, 4) is 5.75 Å². The van der Waals surface area contributed by atoms with Crippen molar-refractivity contribution >= 4 is 23.6 Å². The van der Waals surface area contributed by atoms with E-state index in [1.165, 1.54) is 0 Å². The van der Waals surface area contributed by atoms with Crippen LogP contribution in [0, 0.1) is 0 Å². The van der Waals surface area contributed by atoms with Crippen LogP contribution < -0.4 is 20.7 Å². The second-order valence-electron chi connectivity index (χ2n) is 7.91. The fraction of sp³-hybridized carbons (Fsp3) is 0.348. The Morgan fingerprint density at radius 3 is 2.32 bits per heavy atom. The van der Waals surface area contributed by atoms with Crippen molar-refractivity contribution < 1.29 is 23.9 Å². The highest BCUT2D eigenvalue weighted by Gasteiger charge is 2.16. The molecule has 0 unspecified atom stereocenters. The Morgan fingerprint density at radius 1 is 0.903 bits per heavy atom. The molecule has 3 N–H and O–H groups in total. The molecule has 0 spiro atoms. The monoisotopic (exact) mass is 427 g/mol. The Hall–Kier alpha value is -3.55. The molecule has 0 fully saturated rings. The molecule has 8 nitrogen and oxygen atoms in total. The summed E-state index contributed by atoms with van der Waals surface area (Å²) < 4.78 is 10.3. The van der Waals surface area contributed by atoms with E-state index < -0.39 is 11.7 Å². The van der Waals surface area contributed by atoms with Gasteiger partial charge < -0.3 is 25.4 Å². The van der Waals surface area contributed by atoms with Gasteiger partial charge in [0.2, 0.25) is 11.8 Å². The van der Waals surface area contributed by atoms with Gasteiger partial charge in [-0.3, -0.25) is 9.59 Å². The molecule has 166 valence electrons.